The molecule has 0 saturated carbocycles. The van der Waals surface area contributed by atoms with E-state index in [-0.39, 0.29) is 43.2 Å². The van der Waals surface area contributed by atoms with Crippen molar-refractivity contribution in [1.29, 1.82) is 0 Å². The van der Waals surface area contributed by atoms with Crippen LogP contribution in [-0.4, -0.2) is 196 Å². The van der Waals surface area contributed by atoms with Gasteiger partial charge in [-0.25, -0.2) is 0 Å². The third-order valence-corrected chi connectivity index (χ3v) is 14.2. The van der Waals surface area contributed by atoms with Crippen LogP contribution in [0.3, 0.4) is 0 Å². The Hall–Kier alpha value is -5.37. The van der Waals surface area contributed by atoms with Crippen LogP contribution in [0.1, 0.15) is 87.5 Å². The van der Waals surface area contributed by atoms with Gasteiger partial charge in [-0.05, 0) is 63.8 Å². The first-order chi connectivity index (χ1) is 35.1. The average Bonchev–Trinajstić information content (AvgIpc) is 3.34. The number of carbonyl (C=O) groups excluding carboxylic acids is 11. The number of nitrogens with one attached hydrogen (secondary N) is 10. The van der Waals surface area contributed by atoms with Crippen LogP contribution in [0.4, 0.5) is 0 Å². The molecule has 30 heteroatoms. The molecule has 0 radical (unpaired) electrons. The van der Waals surface area contributed by atoms with Crippen LogP contribution in [0.25, 0.3) is 0 Å². The first kappa shape index (κ1) is 67.6. The first-order valence-corrected chi connectivity index (χ1v) is 27.2. The van der Waals surface area contributed by atoms with Crippen molar-refractivity contribution in [2.75, 3.05) is 37.8 Å². The van der Waals surface area contributed by atoms with E-state index in [9.17, 15) is 73.2 Å². The standard InChI is InChI=1S/C45H81N13O15S2/c1-9-22(6)33-43(71)53-29(17-60)41(69)57-35(24(8)62)45(73)58-34(23(7)61)44(72)54-30(42(70)55-32(21(4)5)36(48)64)19-75-74-18-25(47)37(65)52-28(16-59)38(66)49-15-31(63)50-26(12-10-11-13-46)39(67)51-27(14-20(2)3)40(68)56-33/h20-30,32-35,59-62H,9-19,46-47H2,1-8H3,(H2,48,64)(H,49,66)(H,50,63)(H,51,67)(H,52,65)(H,53,71)(H,54,72)(H,55,70)(H,56,68)(H,57,69)(H,58,73)/t22-,23+,24+,25-,26-,27-,28-,29-,30-,32-,33-,34-,35-/m0/s1. The molecule has 28 nitrogen and oxygen atoms in total. The minimum atomic E-state index is -1.90. The van der Waals surface area contributed by atoms with E-state index in [4.69, 9.17) is 17.2 Å². The maximum atomic E-state index is 14.0. The summed E-state index contributed by atoms with van der Waals surface area (Å²) in [5.41, 5.74) is 17.3. The first-order valence-electron chi connectivity index (χ1n) is 24.7. The molecule has 1 aliphatic heterocycles. The number of nitrogens with two attached hydrogens (primary N) is 3. The van der Waals surface area contributed by atoms with Crippen molar-refractivity contribution in [2.24, 2.45) is 35.0 Å². The number of rotatable bonds is 16. The molecule has 20 N–H and O–H groups in total. The number of aliphatic hydroxyl groups is 4. The van der Waals surface area contributed by atoms with Gasteiger partial charge in [0.25, 0.3) is 0 Å². The third kappa shape index (κ3) is 23.6. The summed E-state index contributed by atoms with van der Waals surface area (Å²) in [6.45, 7) is 9.74. The fourth-order valence-electron chi connectivity index (χ4n) is 7.04. The van der Waals surface area contributed by atoms with Gasteiger partial charge in [-0.15, -0.1) is 0 Å². The van der Waals surface area contributed by atoms with Gasteiger partial charge in [0.2, 0.25) is 65.0 Å². The molecule has 0 spiro atoms. The van der Waals surface area contributed by atoms with Crippen molar-refractivity contribution < 1.29 is 73.2 Å². The minimum Gasteiger partial charge on any atom is -0.394 e. The lowest BCUT2D eigenvalue weighted by Crippen LogP contribution is -2.64. The molecule has 1 aliphatic rings. The summed E-state index contributed by atoms with van der Waals surface area (Å²) in [6, 6.07) is -15.3. The molecule has 0 aromatic heterocycles. The molecule has 1 rings (SSSR count). The predicted molar refractivity (Wildman–Crippen MR) is 277 cm³/mol. The zero-order valence-electron chi connectivity index (χ0n) is 43.8. The summed E-state index contributed by atoms with van der Waals surface area (Å²) >= 11 is 0. The molecule has 0 aromatic carbocycles. The molecule has 1 heterocycles. The van der Waals surface area contributed by atoms with Crippen LogP contribution < -0.4 is 70.4 Å². The van der Waals surface area contributed by atoms with Crippen molar-refractivity contribution in [3.8, 4) is 0 Å². The van der Waals surface area contributed by atoms with Crippen LogP contribution in [0, 0.1) is 17.8 Å². The van der Waals surface area contributed by atoms with E-state index in [0.717, 1.165) is 35.4 Å². The van der Waals surface area contributed by atoms with Crippen molar-refractivity contribution in [2.45, 2.75) is 160 Å². The lowest BCUT2D eigenvalue weighted by molar-refractivity contribution is -0.138. The van der Waals surface area contributed by atoms with Gasteiger partial charge in [-0.2, -0.15) is 0 Å². The number of hydrogen-bond acceptors (Lipinski definition) is 19. The number of carbonyl (C=O) groups is 11. The highest BCUT2D eigenvalue weighted by Gasteiger charge is 2.38. The Labute approximate surface area is 444 Å². The monoisotopic (exact) mass is 1110 g/mol. The Balaban J connectivity index is 3.83. The second kappa shape index (κ2) is 34.3. The molecule has 428 valence electrons. The Morgan fingerprint density at radius 2 is 1.11 bits per heavy atom. The Morgan fingerprint density at radius 1 is 0.627 bits per heavy atom. The number of unbranched alkanes of at least 4 members (excludes halogenated alkanes) is 1. The molecular weight excluding hydrogens is 1030 g/mol. The normalized spacial score (nSPS) is 27.1. The summed E-state index contributed by atoms with van der Waals surface area (Å²) in [4.78, 5) is 148. The maximum absolute atomic E-state index is 14.0. The van der Waals surface area contributed by atoms with E-state index >= 15 is 0 Å². The number of amides is 11. The second-order valence-corrected chi connectivity index (χ2v) is 21.5. The molecule has 13 atom stereocenters. The van der Waals surface area contributed by atoms with Crippen LogP contribution in [-0.2, 0) is 52.7 Å². The van der Waals surface area contributed by atoms with E-state index in [1.54, 1.807) is 41.5 Å². The van der Waals surface area contributed by atoms with Crippen molar-refractivity contribution in [3.05, 3.63) is 0 Å². The van der Waals surface area contributed by atoms with Gasteiger partial charge < -0.3 is 90.8 Å². The largest absolute Gasteiger partial charge is 0.394 e. The summed E-state index contributed by atoms with van der Waals surface area (Å²) < 4.78 is 0. The highest BCUT2D eigenvalue weighted by Crippen LogP contribution is 2.23. The summed E-state index contributed by atoms with van der Waals surface area (Å²) in [6.07, 6.45) is -2.25. The van der Waals surface area contributed by atoms with Gasteiger partial charge >= 0.3 is 0 Å². The number of aliphatic hydroxyl groups excluding tert-OH is 4. The SMILES string of the molecule is CC[C@H](C)[C@@H]1NC(=O)[C@H](CC(C)C)NC(=O)[C@H](CCCCN)NC(=O)CNC(=O)[C@H](CO)NC(=O)[C@@H](N)CSSC[C@@H](C(=O)N[C@H](C(N)=O)C(C)C)NC(=O)[C@H]([C@@H](C)O)NC(=O)[C@H]([C@@H](C)O)NC(=O)[C@H](CO)NC1=O. The molecule has 75 heavy (non-hydrogen) atoms. The molecule has 0 aromatic rings. The van der Waals surface area contributed by atoms with Crippen LogP contribution in [0.2, 0.25) is 0 Å². The molecule has 0 aliphatic carbocycles. The Kier molecular flexibility index (Phi) is 31.0. The summed E-state index contributed by atoms with van der Waals surface area (Å²) in [5, 5.41) is 65.6. The van der Waals surface area contributed by atoms with E-state index in [1.165, 1.54) is 0 Å². The molecule has 0 bridgehead atoms. The fraction of sp³-hybridized carbons (Fsp3) is 0.756. The van der Waals surface area contributed by atoms with Gasteiger partial charge in [0, 0.05) is 11.5 Å². The molecular formula is C45H81N13O15S2. The molecule has 11 amide bonds. The van der Waals surface area contributed by atoms with Gasteiger partial charge in [-0.1, -0.05) is 69.6 Å². The molecule has 1 saturated heterocycles. The lowest BCUT2D eigenvalue weighted by atomic mass is 9.96. The van der Waals surface area contributed by atoms with Crippen molar-refractivity contribution in [1.82, 2.24) is 53.2 Å². The van der Waals surface area contributed by atoms with E-state index in [1.807, 2.05) is 0 Å². The molecule has 1 fully saturated rings. The zero-order chi connectivity index (χ0) is 57.3. The fourth-order valence-corrected chi connectivity index (χ4v) is 9.33. The highest BCUT2D eigenvalue weighted by molar-refractivity contribution is 8.76. The van der Waals surface area contributed by atoms with Crippen molar-refractivity contribution >= 4 is 86.6 Å². The minimum absolute atomic E-state index is 0.0367. The van der Waals surface area contributed by atoms with Crippen LogP contribution in [0.5, 0.6) is 0 Å². The average molecular weight is 1110 g/mol. The Morgan fingerprint density at radius 3 is 1.63 bits per heavy atom. The highest BCUT2D eigenvalue weighted by atomic mass is 33.1. The van der Waals surface area contributed by atoms with Gasteiger partial charge in [0.05, 0.1) is 38.0 Å². The maximum Gasteiger partial charge on any atom is 0.245 e. The van der Waals surface area contributed by atoms with Crippen LogP contribution in [0.15, 0.2) is 0 Å². The summed E-state index contributed by atoms with van der Waals surface area (Å²) in [5.74, 6) is -12.7. The lowest BCUT2D eigenvalue weighted by Gasteiger charge is -2.30. The van der Waals surface area contributed by atoms with E-state index in [0.29, 0.717) is 12.8 Å². The zero-order valence-corrected chi connectivity index (χ0v) is 45.4. The smallest absolute Gasteiger partial charge is 0.245 e. The van der Waals surface area contributed by atoms with Crippen LogP contribution >= 0.6 is 21.6 Å². The predicted octanol–water partition coefficient (Wildman–Crippen LogP) is -6.70. The van der Waals surface area contributed by atoms with E-state index in [2.05, 4.69) is 53.2 Å². The van der Waals surface area contributed by atoms with Crippen molar-refractivity contribution in [3.63, 3.8) is 0 Å². The van der Waals surface area contributed by atoms with E-state index < -0.39 is 169 Å². The van der Waals surface area contributed by atoms with Gasteiger partial charge in [0.1, 0.15) is 54.4 Å². The number of hydrogen-bond donors (Lipinski definition) is 17. The second-order valence-electron chi connectivity index (χ2n) is 19.0. The van der Waals surface area contributed by atoms with Gasteiger partial charge in [0.15, 0.2) is 0 Å². The Bertz CT molecular complexity index is 1950. The topological polar surface area (TPSA) is 467 Å². The molecule has 0 unspecified atom stereocenters. The quantitative estimate of drug-likeness (QED) is 0.0505. The number of primary amides is 1. The summed E-state index contributed by atoms with van der Waals surface area (Å²) in [7, 11) is 1.83. The third-order valence-electron chi connectivity index (χ3n) is 11.7. The van der Waals surface area contributed by atoms with Gasteiger partial charge in [-0.3, -0.25) is 52.7 Å².